The van der Waals surface area contributed by atoms with Crippen LogP contribution in [-0.2, 0) is 0 Å². The Balaban J connectivity index is 2.01. The number of hydrogen-bond acceptors (Lipinski definition) is 3. The molecule has 0 fully saturated rings. The van der Waals surface area contributed by atoms with Gasteiger partial charge in [0.1, 0.15) is 5.75 Å². The molecule has 0 saturated heterocycles. The average molecular weight is 285 g/mol. The molecule has 1 atom stereocenters. The maximum Gasteiger partial charge on any atom is 0.165 e. The summed E-state index contributed by atoms with van der Waals surface area (Å²) in [4.78, 5) is 0. The summed E-state index contributed by atoms with van der Waals surface area (Å²) in [5.41, 5.74) is 0.819. The molecule has 0 aliphatic heterocycles. The lowest BCUT2D eigenvalue weighted by molar-refractivity contribution is 0.290. The van der Waals surface area contributed by atoms with E-state index in [-0.39, 0.29) is 18.3 Å². The van der Waals surface area contributed by atoms with Gasteiger partial charge in [-0.05, 0) is 18.2 Å². The average Bonchev–Trinajstić information content (AvgIpc) is 2.53. The molecule has 2 aromatic rings. The van der Waals surface area contributed by atoms with E-state index in [1.807, 2.05) is 24.3 Å². The van der Waals surface area contributed by atoms with E-state index < -0.39 is 5.82 Å². The second kappa shape index (κ2) is 7.30. The van der Waals surface area contributed by atoms with Gasteiger partial charge in [-0.3, -0.25) is 0 Å². The van der Waals surface area contributed by atoms with Gasteiger partial charge in [0.15, 0.2) is 11.6 Å². The highest BCUT2D eigenvalue weighted by molar-refractivity contribution is 5.39. The van der Waals surface area contributed by atoms with Crippen molar-refractivity contribution in [1.29, 1.82) is 5.26 Å². The van der Waals surface area contributed by atoms with Crippen LogP contribution in [0.5, 0.6) is 11.5 Å². The SMILES string of the molecule is COc1ccccc1C(C#N)CCOc1ccccc1F. The molecule has 0 heterocycles. The summed E-state index contributed by atoms with van der Waals surface area (Å²) in [6.45, 7) is 0.261. The zero-order valence-electron chi connectivity index (χ0n) is 11.8. The van der Waals surface area contributed by atoms with Crippen LogP contribution in [-0.4, -0.2) is 13.7 Å². The van der Waals surface area contributed by atoms with Crippen molar-refractivity contribution in [1.82, 2.24) is 0 Å². The van der Waals surface area contributed by atoms with Crippen molar-refractivity contribution in [2.24, 2.45) is 0 Å². The molecule has 1 unspecified atom stereocenters. The second-order valence-corrected chi connectivity index (χ2v) is 4.49. The minimum absolute atomic E-state index is 0.203. The van der Waals surface area contributed by atoms with Gasteiger partial charge < -0.3 is 9.47 Å². The number of methoxy groups -OCH3 is 1. The molecule has 0 N–H and O–H groups in total. The van der Waals surface area contributed by atoms with E-state index in [4.69, 9.17) is 9.47 Å². The van der Waals surface area contributed by atoms with Crippen molar-refractivity contribution < 1.29 is 13.9 Å². The van der Waals surface area contributed by atoms with Crippen LogP contribution >= 0.6 is 0 Å². The first-order chi connectivity index (χ1) is 10.3. The maximum absolute atomic E-state index is 13.4. The molecule has 0 bridgehead atoms. The summed E-state index contributed by atoms with van der Waals surface area (Å²) < 4.78 is 24.1. The van der Waals surface area contributed by atoms with Gasteiger partial charge in [-0.1, -0.05) is 30.3 Å². The monoisotopic (exact) mass is 285 g/mol. The molecular weight excluding hydrogens is 269 g/mol. The Bertz CT molecular complexity index is 637. The fourth-order valence-corrected chi connectivity index (χ4v) is 2.09. The summed E-state index contributed by atoms with van der Waals surface area (Å²) in [6.07, 6.45) is 0.463. The summed E-state index contributed by atoms with van der Waals surface area (Å²) in [5, 5.41) is 9.32. The van der Waals surface area contributed by atoms with Crippen LogP contribution in [0.2, 0.25) is 0 Å². The van der Waals surface area contributed by atoms with E-state index in [2.05, 4.69) is 6.07 Å². The van der Waals surface area contributed by atoms with Crippen molar-refractivity contribution in [2.45, 2.75) is 12.3 Å². The fourth-order valence-electron chi connectivity index (χ4n) is 2.09. The van der Waals surface area contributed by atoms with Crippen LogP contribution in [0, 0.1) is 17.1 Å². The predicted molar refractivity (Wildman–Crippen MR) is 77.9 cm³/mol. The summed E-state index contributed by atoms with van der Waals surface area (Å²) in [6, 6.07) is 15.9. The Morgan fingerprint density at radius 3 is 2.43 bits per heavy atom. The van der Waals surface area contributed by atoms with Crippen LogP contribution in [0.25, 0.3) is 0 Å². The number of hydrogen-bond donors (Lipinski definition) is 0. The first kappa shape index (κ1) is 14.9. The number of rotatable bonds is 6. The smallest absolute Gasteiger partial charge is 0.165 e. The van der Waals surface area contributed by atoms with E-state index in [0.29, 0.717) is 12.2 Å². The molecule has 2 rings (SSSR count). The van der Waals surface area contributed by atoms with Gasteiger partial charge in [-0.2, -0.15) is 5.26 Å². The summed E-state index contributed by atoms with van der Waals surface area (Å²) >= 11 is 0. The first-order valence-corrected chi connectivity index (χ1v) is 6.66. The Hall–Kier alpha value is -2.54. The van der Waals surface area contributed by atoms with E-state index in [1.165, 1.54) is 6.07 Å². The molecular formula is C17H16FNO2. The molecule has 21 heavy (non-hydrogen) atoms. The molecule has 2 aromatic carbocycles. The molecule has 3 nitrogen and oxygen atoms in total. The number of nitrogens with zero attached hydrogens (tertiary/aromatic N) is 1. The normalized spacial score (nSPS) is 11.5. The Kier molecular flexibility index (Phi) is 5.16. The van der Waals surface area contributed by atoms with Gasteiger partial charge in [0.05, 0.1) is 25.7 Å². The van der Waals surface area contributed by atoms with Crippen molar-refractivity contribution >= 4 is 0 Å². The molecule has 108 valence electrons. The number of ether oxygens (including phenoxy) is 2. The quantitative estimate of drug-likeness (QED) is 0.808. The predicted octanol–water partition coefficient (Wildman–Crippen LogP) is 3.91. The van der Waals surface area contributed by atoms with E-state index in [1.54, 1.807) is 25.3 Å². The molecule has 0 spiro atoms. The van der Waals surface area contributed by atoms with Gasteiger partial charge >= 0.3 is 0 Å². The number of benzene rings is 2. The van der Waals surface area contributed by atoms with Crippen LogP contribution in [0.1, 0.15) is 17.9 Å². The highest BCUT2D eigenvalue weighted by Gasteiger charge is 2.15. The second-order valence-electron chi connectivity index (χ2n) is 4.49. The minimum atomic E-state index is -0.400. The first-order valence-electron chi connectivity index (χ1n) is 6.66. The maximum atomic E-state index is 13.4. The number of para-hydroxylation sites is 2. The topological polar surface area (TPSA) is 42.2 Å². The summed E-state index contributed by atoms with van der Waals surface area (Å²) in [5.74, 6) is 0.125. The third-order valence-corrected chi connectivity index (χ3v) is 3.17. The molecule has 0 saturated carbocycles. The molecule has 0 radical (unpaired) electrons. The zero-order chi connectivity index (χ0) is 15.1. The van der Waals surface area contributed by atoms with Crippen LogP contribution in [0.15, 0.2) is 48.5 Å². The largest absolute Gasteiger partial charge is 0.496 e. The van der Waals surface area contributed by atoms with E-state index in [9.17, 15) is 9.65 Å². The third kappa shape index (κ3) is 3.73. The Morgan fingerprint density at radius 1 is 1.10 bits per heavy atom. The van der Waals surface area contributed by atoms with Crippen LogP contribution in [0.3, 0.4) is 0 Å². The highest BCUT2D eigenvalue weighted by Crippen LogP contribution is 2.28. The third-order valence-electron chi connectivity index (χ3n) is 3.17. The lowest BCUT2D eigenvalue weighted by Crippen LogP contribution is -2.06. The van der Waals surface area contributed by atoms with E-state index in [0.717, 1.165) is 5.56 Å². The molecule has 0 amide bonds. The van der Waals surface area contributed by atoms with Crippen molar-refractivity contribution in [2.75, 3.05) is 13.7 Å². The summed E-state index contributed by atoms with van der Waals surface area (Å²) in [7, 11) is 1.57. The molecule has 0 aromatic heterocycles. The number of nitriles is 1. The Labute approximate surface area is 123 Å². The van der Waals surface area contributed by atoms with Gasteiger partial charge in [0, 0.05) is 12.0 Å². The van der Waals surface area contributed by atoms with Gasteiger partial charge in [0.25, 0.3) is 0 Å². The lowest BCUT2D eigenvalue weighted by Gasteiger charge is -2.14. The number of halogens is 1. The van der Waals surface area contributed by atoms with Crippen molar-refractivity contribution in [3.63, 3.8) is 0 Å². The standard InChI is InChI=1S/C17H16FNO2/c1-20-16-8-4-2-6-14(16)13(12-19)10-11-21-17-9-5-3-7-15(17)18/h2-9,13H,10-11H2,1H3. The fraction of sp³-hybridized carbons (Fsp3) is 0.235. The highest BCUT2D eigenvalue weighted by atomic mass is 19.1. The van der Waals surface area contributed by atoms with Crippen LogP contribution in [0.4, 0.5) is 4.39 Å². The van der Waals surface area contributed by atoms with E-state index >= 15 is 0 Å². The molecule has 0 aliphatic rings. The Morgan fingerprint density at radius 2 is 1.76 bits per heavy atom. The van der Waals surface area contributed by atoms with Crippen LogP contribution < -0.4 is 9.47 Å². The van der Waals surface area contributed by atoms with Crippen molar-refractivity contribution in [3.05, 3.63) is 59.9 Å². The zero-order valence-corrected chi connectivity index (χ0v) is 11.8. The van der Waals surface area contributed by atoms with Gasteiger partial charge in [0.2, 0.25) is 0 Å². The van der Waals surface area contributed by atoms with Gasteiger partial charge in [-0.15, -0.1) is 0 Å². The lowest BCUT2D eigenvalue weighted by atomic mass is 9.97. The molecule has 4 heteroatoms. The molecule has 0 aliphatic carbocycles. The van der Waals surface area contributed by atoms with Gasteiger partial charge in [-0.25, -0.2) is 4.39 Å². The van der Waals surface area contributed by atoms with Crippen molar-refractivity contribution in [3.8, 4) is 17.6 Å². The minimum Gasteiger partial charge on any atom is -0.496 e.